The highest BCUT2D eigenvalue weighted by atomic mass is 79.9. The number of nitrogens with one attached hydrogen (secondary N) is 1. The molecule has 0 aliphatic heterocycles. The first-order valence-corrected chi connectivity index (χ1v) is 5.73. The molecule has 0 saturated heterocycles. The van der Waals surface area contributed by atoms with Crippen LogP contribution in [0, 0.1) is 0 Å². The van der Waals surface area contributed by atoms with E-state index in [1.807, 2.05) is 0 Å². The maximum Gasteiger partial charge on any atom is 0.257 e. The van der Waals surface area contributed by atoms with Crippen molar-refractivity contribution >= 4 is 39.1 Å². The third-order valence-electron chi connectivity index (χ3n) is 1.90. The Labute approximate surface area is 110 Å². The van der Waals surface area contributed by atoms with Gasteiger partial charge in [-0.15, -0.1) is 0 Å². The minimum absolute atomic E-state index is 0.226. The van der Waals surface area contributed by atoms with Gasteiger partial charge in [0, 0.05) is 10.7 Å². The summed E-state index contributed by atoms with van der Waals surface area (Å²) < 4.78 is 0.727. The molecule has 2 heterocycles. The van der Waals surface area contributed by atoms with Crippen molar-refractivity contribution in [1.29, 1.82) is 0 Å². The van der Waals surface area contributed by atoms with Gasteiger partial charge in [0.2, 0.25) is 0 Å². The highest BCUT2D eigenvalue weighted by molar-refractivity contribution is 9.10. The highest BCUT2D eigenvalue weighted by Gasteiger charge is 2.09. The van der Waals surface area contributed by atoms with E-state index in [4.69, 9.17) is 11.6 Å². The monoisotopic (exact) mass is 312 g/mol. The largest absolute Gasteiger partial charge is 0.319 e. The van der Waals surface area contributed by atoms with Crippen molar-refractivity contribution in [3.05, 3.63) is 45.9 Å². The maximum atomic E-state index is 11.8. The Kier molecular flexibility index (Phi) is 3.65. The van der Waals surface area contributed by atoms with E-state index >= 15 is 0 Å². The van der Waals surface area contributed by atoms with Gasteiger partial charge in [-0.2, -0.15) is 10.2 Å². The molecule has 17 heavy (non-hydrogen) atoms. The van der Waals surface area contributed by atoms with Crippen molar-refractivity contribution in [2.75, 3.05) is 5.32 Å². The molecule has 2 aromatic heterocycles. The summed E-state index contributed by atoms with van der Waals surface area (Å²) in [7, 11) is 0. The molecule has 0 radical (unpaired) electrons. The highest BCUT2D eigenvalue weighted by Crippen LogP contribution is 2.23. The molecular weight excluding hydrogens is 307 g/mol. The SMILES string of the molecule is O=C(Nc1cc(Br)cnc1Cl)c1ccnnc1. The predicted molar refractivity (Wildman–Crippen MR) is 66.9 cm³/mol. The molecule has 0 aliphatic carbocycles. The molecule has 2 aromatic rings. The van der Waals surface area contributed by atoms with Gasteiger partial charge in [0.1, 0.15) is 0 Å². The molecule has 0 aliphatic rings. The van der Waals surface area contributed by atoms with Crippen LogP contribution in [0.5, 0.6) is 0 Å². The van der Waals surface area contributed by atoms with Gasteiger partial charge in [-0.25, -0.2) is 4.98 Å². The van der Waals surface area contributed by atoms with Crippen LogP contribution in [0.1, 0.15) is 10.4 Å². The fourth-order valence-corrected chi connectivity index (χ4v) is 1.61. The minimum atomic E-state index is -0.318. The van der Waals surface area contributed by atoms with Crippen LogP contribution in [0.25, 0.3) is 0 Å². The molecule has 0 bridgehead atoms. The van der Waals surface area contributed by atoms with Crippen molar-refractivity contribution in [3.63, 3.8) is 0 Å². The summed E-state index contributed by atoms with van der Waals surface area (Å²) >= 11 is 9.10. The maximum absolute atomic E-state index is 11.8. The number of amides is 1. The molecule has 1 amide bonds. The number of halogens is 2. The zero-order valence-corrected chi connectivity index (χ0v) is 10.7. The van der Waals surface area contributed by atoms with Gasteiger partial charge in [0.15, 0.2) is 5.15 Å². The number of aromatic nitrogens is 3. The first kappa shape index (κ1) is 11.9. The topological polar surface area (TPSA) is 67.8 Å². The lowest BCUT2D eigenvalue weighted by atomic mass is 10.3. The van der Waals surface area contributed by atoms with Crippen LogP contribution in [-0.2, 0) is 0 Å². The summed E-state index contributed by atoms with van der Waals surface area (Å²) in [6.45, 7) is 0. The molecule has 0 saturated carbocycles. The third kappa shape index (κ3) is 2.98. The molecule has 0 atom stereocenters. The van der Waals surface area contributed by atoms with Gasteiger partial charge in [-0.05, 0) is 28.1 Å². The van der Waals surface area contributed by atoms with Crippen molar-refractivity contribution in [2.45, 2.75) is 0 Å². The fraction of sp³-hybridized carbons (Fsp3) is 0. The summed E-state index contributed by atoms with van der Waals surface area (Å²) in [5.41, 5.74) is 0.832. The number of hydrogen-bond acceptors (Lipinski definition) is 4. The van der Waals surface area contributed by atoms with E-state index in [1.54, 1.807) is 18.3 Å². The number of hydrogen-bond donors (Lipinski definition) is 1. The lowest BCUT2D eigenvalue weighted by molar-refractivity contribution is 0.102. The van der Waals surface area contributed by atoms with Crippen molar-refractivity contribution in [3.8, 4) is 0 Å². The number of rotatable bonds is 2. The molecule has 0 aromatic carbocycles. The summed E-state index contributed by atoms with van der Waals surface area (Å²) in [5, 5.41) is 10.1. The fourth-order valence-electron chi connectivity index (χ4n) is 1.13. The number of anilines is 1. The number of carbonyl (C=O) groups is 1. The zero-order chi connectivity index (χ0) is 12.3. The lowest BCUT2D eigenvalue weighted by Crippen LogP contribution is -2.13. The normalized spacial score (nSPS) is 10.0. The Morgan fingerprint density at radius 1 is 1.35 bits per heavy atom. The van der Waals surface area contributed by atoms with Crippen molar-refractivity contribution in [1.82, 2.24) is 15.2 Å². The summed E-state index contributed by atoms with van der Waals surface area (Å²) in [6.07, 6.45) is 4.36. The van der Waals surface area contributed by atoms with E-state index in [-0.39, 0.29) is 11.1 Å². The number of pyridine rings is 1. The van der Waals surface area contributed by atoms with Gasteiger partial charge in [0.25, 0.3) is 5.91 Å². The second kappa shape index (κ2) is 5.20. The smallest absolute Gasteiger partial charge is 0.257 e. The molecule has 86 valence electrons. The van der Waals surface area contributed by atoms with Crippen LogP contribution >= 0.6 is 27.5 Å². The van der Waals surface area contributed by atoms with Crippen LogP contribution in [0.4, 0.5) is 5.69 Å². The molecule has 5 nitrogen and oxygen atoms in total. The van der Waals surface area contributed by atoms with Crippen molar-refractivity contribution in [2.24, 2.45) is 0 Å². The Bertz CT molecular complexity index is 549. The number of nitrogens with zero attached hydrogens (tertiary/aromatic N) is 3. The molecule has 2 rings (SSSR count). The van der Waals surface area contributed by atoms with Crippen LogP contribution in [0.2, 0.25) is 5.15 Å². The van der Waals surface area contributed by atoms with E-state index in [0.717, 1.165) is 4.47 Å². The van der Waals surface area contributed by atoms with Gasteiger partial charge in [-0.3, -0.25) is 4.79 Å². The van der Waals surface area contributed by atoms with Crippen LogP contribution in [0.15, 0.2) is 35.2 Å². The number of carbonyl (C=O) groups excluding carboxylic acids is 1. The van der Waals surface area contributed by atoms with Crippen LogP contribution in [0.3, 0.4) is 0 Å². The average molecular weight is 314 g/mol. The zero-order valence-electron chi connectivity index (χ0n) is 8.39. The molecule has 0 spiro atoms. The summed E-state index contributed by atoms with van der Waals surface area (Å²) in [6, 6.07) is 3.23. The van der Waals surface area contributed by atoms with E-state index in [1.165, 1.54) is 12.4 Å². The quantitative estimate of drug-likeness (QED) is 0.865. The molecule has 1 N–H and O–H groups in total. The van der Waals surface area contributed by atoms with Gasteiger partial charge < -0.3 is 5.32 Å². The Morgan fingerprint density at radius 3 is 2.88 bits per heavy atom. The molecule has 0 unspecified atom stereocenters. The second-order valence-corrected chi connectivity index (χ2v) is 4.35. The second-order valence-electron chi connectivity index (χ2n) is 3.08. The average Bonchev–Trinajstić information content (AvgIpc) is 2.35. The minimum Gasteiger partial charge on any atom is -0.319 e. The first-order valence-electron chi connectivity index (χ1n) is 4.56. The van der Waals surface area contributed by atoms with Crippen LogP contribution in [-0.4, -0.2) is 21.1 Å². The Hall–Kier alpha value is -1.53. The third-order valence-corrected chi connectivity index (χ3v) is 2.64. The Morgan fingerprint density at radius 2 is 2.18 bits per heavy atom. The van der Waals surface area contributed by atoms with Gasteiger partial charge >= 0.3 is 0 Å². The van der Waals surface area contributed by atoms with Crippen molar-refractivity contribution < 1.29 is 4.79 Å². The molecule has 0 fully saturated rings. The van der Waals surface area contributed by atoms with E-state index in [2.05, 4.69) is 36.4 Å². The van der Waals surface area contributed by atoms with E-state index in [9.17, 15) is 4.79 Å². The standard InChI is InChI=1S/C10H6BrClN4O/c11-7-3-8(9(12)13-5-7)16-10(17)6-1-2-14-15-4-6/h1-5H,(H,16,17). The van der Waals surface area contributed by atoms with Crippen LogP contribution < -0.4 is 5.32 Å². The van der Waals surface area contributed by atoms with Gasteiger partial charge in [-0.1, -0.05) is 11.6 Å². The van der Waals surface area contributed by atoms with Gasteiger partial charge in [0.05, 0.1) is 23.6 Å². The summed E-state index contributed by atoms with van der Waals surface area (Å²) in [4.78, 5) is 15.7. The molecular formula is C10H6BrClN4O. The summed E-state index contributed by atoms with van der Waals surface area (Å²) in [5.74, 6) is -0.318. The first-order chi connectivity index (χ1) is 8.16. The predicted octanol–water partition coefficient (Wildman–Crippen LogP) is 2.54. The van der Waals surface area contributed by atoms with E-state index < -0.39 is 0 Å². The molecule has 7 heteroatoms. The lowest BCUT2D eigenvalue weighted by Gasteiger charge is -2.06. The van der Waals surface area contributed by atoms with E-state index in [0.29, 0.717) is 11.3 Å². The Balaban J connectivity index is 2.22.